The van der Waals surface area contributed by atoms with E-state index in [1.807, 2.05) is 0 Å². The third kappa shape index (κ3) is 4.45. The predicted molar refractivity (Wildman–Crippen MR) is 43.4 cm³/mol. The van der Waals surface area contributed by atoms with Crippen molar-refractivity contribution in [2.24, 2.45) is 5.92 Å². The molecule has 0 aromatic rings. The van der Waals surface area contributed by atoms with Gasteiger partial charge in [0.2, 0.25) is 0 Å². The standard InChI is InChI=1S/C8H13NO4/c1-2-13-8(12)6(4-9)3-7(11)5-10/h6-7,10-11H,2-3,5H2,1H3. The molecule has 0 bridgehead atoms. The van der Waals surface area contributed by atoms with E-state index in [0.717, 1.165) is 0 Å². The first-order valence-electron chi connectivity index (χ1n) is 4.00. The Bertz CT molecular complexity index is 199. The van der Waals surface area contributed by atoms with Crippen molar-refractivity contribution >= 4 is 5.97 Å². The maximum atomic E-state index is 11.0. The number of hydrogen-bond donors (Lipinski definition) is 2. The minimum Gasteiger partial charge on any atom is -0.465 e. The van der Waals surface area contributed by atoms with Crippen LogP contribution < -0.4 is 0 Å². The van der Waals surface area contributed by atoms with Crippen LogP contribution in [0.15, 0.2) is 0 Å². The molecule has 5 heteroatoms. The van der Waals surface area contributed by atoms with Crippen LogP contribution in [0, 0.1) is 17.2 Å². The van der Waals surface area contributed by atoms with E-state index in [-0.39, 0.29) is 13.0 Å². The van der Waals surface area contributed by atoms with Crippen LogP contribution in [0.1, 0.15) is 13.3 Å². The Balaban J connectivity index is 4.04. The van der Waals surface area contributed by atoms with Gasteiger partial charge in [-0.25, -0.2) is 0 Å². The van der Waals surface area contributed by atoms with E-state index in [9.17, 15) is 4.79 Å². The fraction of sp³-hybridized carbons (Fsp3) is 0.750. The van der Waals surface area contributed by atoms with E-state index in [1.54, 1.807) is 13.0 Å². The molecule has 5 nitrogen and oxygen atoms in total. The fourth-order valence-electron chi connectivity index (χ4n) is 0.791. The monoisotopic (exact) mass is 187 g/mol. The summed E-state index contributed by atoms with van der Waals surface area (Å²) in [4.78, 5) is 11.0. The van der Waals surface area contributed by atoms with Crippen LogP contribution in [0.5, 0.6) is 0 Å². The van der Waals surface area contributed by atoms with Gasteiger partial charge in [-0.3, -0.25) is 4.79 Å². The second kappa shape index (κ2) is 6.40. The van der Waals surface area contributed by atoms with Gasteiger partial charge in [-0.2, -0.15) is 5.26 Å². The topological polar surface area (TPSA) is 90.6 Å². The third-order valence-electron chi connectivity index (χ3n) is 1.45. The Kier molecular flexibility index (Phi) is 5.85. The molecule has 13 heavy (non-hydrogen) atoms. The molecule has 0 fully saturated rings. The summed E-state index contributed by atoms with van der Waals surface area (Å²) in [7, 11) is 0. The number of rotatable bonds is 5. The maximum Gasteiger partial charge on any atom is 0.323 e. The summed E-state index contributed by atoms with van der Waals surface area (Å²) < 4.78 is 4.59. The van der Waals surface area contributed by atoms with Crippen LogP contribution in [0.4, 0.5) is 0 Å². The first-order valence-corrected chi connectivity index (χ1v) is 4.00. The molecule has 0 heterocycles. The molecule has 2 N–H and O–H groups in total. The average molecular weight is 187 g/mol. The van der Waals surface area contributed by atoms with Gasteiger partial charge in [0.25, 0.3) is 0 Å². The van der Waals surface area contributed by atoms with E-state index in [4.69, 9.17) is 15.5 Å². The van der Waals surface area contributed by atoms with Crippen molar-refractivity contribution in [1.29, 1.82) is 5.26 Å². The van der Waals surface area contributed by atoms with Crippen molar-refractivity contribution in [2.75, 3.05) is 13.2 Å². The number of aliphatic hydroxyl groups excluding tert-OH is 2. The zero-order chi connectivity index (χ0) is 10.3. The number of carbonyl (C=O) groups excluding carboxylic acids is 1. The van der Waals surface area contributed by atoms with Crippen LogP contribution in [0.25, 0.3) is 0 Å². The SMILES string of the molecule is CCOC(=O)C(C#N)CC(O)CO. The second-order valence-corrected chi connectivity index (χ2v) is 2.51. The van der Waals surface area contributed by atoms with E-state index < -0.39 is 24.6 Å². The molecule has 0 aliphatic heterocycles. The Morgan fingerprint density at radius 3 is 2.69 bits per heavy atom. The number of nitrogens with zero attached hydrogens (tertiary/aromatic N) is 1. The predicted octanol–water partition coefficient (Wildman–Crippen LogP) is -0.567. The minimum atomic E-state index is -1.05. The molecular formula is C8H13NO4. The molecule has 0 saturated heterocycles. The van der Waals surface area contributed by atoms with Crippen LogP contribution in [0.3, 0.4) is 0 Å². The van der Waals surface area contributed by atoms with Gasteiger partial charge < -0.3 is 14.9 Å². The molecular weight excluding hydrogens is 174 g/mol. The number of nitriles is 1. The first kappa shape index (κ1) is 11.9. The molecule has 74 valence electrons. The zero-order valence-electron chi connectivity index (χ0n) is 7.43. The van der Waals surface area contributed by atoms with Crippen LogP contribution >= 0.6 is 0 Å². The molecule has 2 unspecified atom stereocenters. The summed E-state index contributed by atoms with van der Waals surface area (Å²) in [5.41, 5.74) is 0. The van der Waals surface area contributed by atoms with Crippen LogP contribution in [-0.2, 0) is 9.53 Å². The fourth-order valence-corrected chi connectivity index (χ4v) is 0.791. The van der Waals surface area contributed by atoms with Gasteiger partial charge in [-0.05, 0) is 6.92 Å². The van der Waals surface area contributed by atoms with Gasteiger partial charge in [0.15, 0.2) is 0 Å². The van der Waals surface area contributed by atoms with Gasteiger partial charge >= 0.3 is 5.97 Å². The van der Waals surface area contributed by atoms with Gasteiger partial charge in [-0.15, -0.1) is 0 Å². The normalized spacial score (nSPS) is 14.3. The largest absolute Gasteiger partial charge is 0.465 e. The van der Waals surface area contributed by atoms with Gasteiger partial charge in [-0.1, -0.05) is 0 Å². The third-order valence-corrected chi connectivity index (χ3v) is 1.45. The summed E-state index contributed by atoms with van der Waals surface area (Å²) in [5.74, 6) is -1.65. The molecule has 0 aromatic heterocycles. The number of carbonyl (C=O) groups is 1. The van der Waals surface area contributed by atoms with E-state index in [2.05, 4.69) is 4.74 Å². The minimum absolute atomic E-state index is 0.0914. The average Bonchev–Trinajstić information content (AvgIpc) is 2.14. The molecule has 0 spiro atoms. The maximum absolute atomic E-state index is 11.0. The highest BCUT2D eigenvalue weighted by molar-refractivity contribution is 5.75. The first-order chi connectivity index (χ1) is 6.15. The van der Waals surface area contributed by atoms with Crippen molar-refractivity contribution < 1.29 is 19.7 Å². The summed E-state index contributed by atoms with van der Waals surface area (Å²) in [6.07, 6.45) is -1.14. The Labute approximate surface area is 76.5 Å². The lowest BCUT2D eigenvalue weighted by Gasteiger charge is -2.10. The number of hydrogen-bond acceptors (Lipinski definition) is 5. The Hall–Kier alpha value is -1.12. The smallest absolute Gasteiger partial charge is 0.323 e. The highest BCUT2D eigenvalue weighted by Crippen LogP contribution is 2.07. The lowest BCUT2D eigenvalue weighted by Crippen LogP contribution is -2.23. The molecule has 0 radical (unpaired) electrons. The van der Waals surface area contributed by atoms with E-state index >= 15 is 0 Å². The van der Waals surface area contributed by atoms with Crippen molar-refractivity contribution in [2.45, 2.75) is 19.4 Å². The Morgan fingerprint density at radius 1 is 1.69 bits per heavy atom. The number of esters is 1. The van der Waals surface area contributed by atoms with Gasteiger partial charge in [0.1, 0.15) is 5.92 Å². The molecule has 0 aliphatic carbocycles. The summed E-state index contributed by atoms with van der Waals surface area (Å²) >= 11 is 0. The molecule has 0 aliphatic rings. The van der Waals surface area contributed by atoms with Crippen molar-refractivity contribution in [3.8, 4) is 6.07 Å². The highest BCUT2D eigenvalue weighted by atomic mass is 16.5. The lowest BCUT2D eigenvalue weighted by atomic mass is 10.0. The van der Waals surface area contributed by atoms with Crippen LogP contribution in [0.2, 0.25) is 0 Å². The summed E-state index contributed by atoms with van der Waals surface area (Å²) in [5, 5.41) is 26.0. The van der Waals surface area contributed by atoms with E-state index in [0.29, 0.717) is 0 Å². The van der Waals surface area contributed by atoms with Crippen molar-refractivity contribution in [3.63, 3.8) is 0 Å². The van der Waals surface area contributed by atoms with Crippen molar-refractivity contribution in [3.05, 3.63) is 0 Å². The summed E-state index contributed by atoms with van der Waals surface area (Å²) in [6.45, 7) is 1.37. The van der Waals surface area contributed by atoms with Gasteiger partial charge in [0.05, 0.1) is 25.4 Å². The summed E-state index contributed by atoms with van der Waals surface area (Å²) in [6, 6.07) is 1.71. The molecule has 2 atom stereocenters. The quantitative estimate of drug-likeness (QED) is 0.562. The number of ether oxygens (including phenoxy) is 1. The molecule has 0 saturated carbocycles. The second-order valence-electron chi connectivity index (χ2n) is 2.51. The lowest BCUT2D eigenvalue weighted by molar-refractivity contribution is -0.147. The Morgan fingerprint density at radius 2 is 2.31 bits per heavy atom. The van der Waals surface area contributed by atoms with Crippen LogP contribution in [-0.4, -0.2) is 35.5 Å². The zero-order valence-corrected chi connectivity index (χ0v) is 7.43. The molecule has 0 aromatic carbocycles. The van der Waals surface area contributed by atoms with E-state index in [1.165, 1.54) is 0 Å². The molecule has 0 rings (SSSR count). The van der Waals surface area contributed by atoms with Crippen molar-refractivity contribution in [1.82, 2.24) is 0 Å². The molecule has 0 amide bonds. The van der Waals surface area contributed by atoms with Gasteiger partial charge in [0, 0.05) is 6.42 Å². The highest BCUT2D eigenvalue weighted by Gasteiger charge is 2.22. The number of aliphatic hydroxyl groups is 2.